The number of hydrogen-bond acceptors (Lipinski definition) is 4. The van der Waals surface area contributed by atoms with Crippen molar-refractivity contribution in [1.29, 1.82) is 0 Å². The molecule has 0 saturated heterocycles. The first kappa shape index (κ1) is 18.5. The molecule has 1 aliphatic carbocycles. The molecule has 0 radical (unpaired) electrons. The Labute approximate surface area is 172 Å². The maximum atomic E-state index is 6.49. The number of aryl methyl sites for hydroxylation is 1. The van der Waals surface area contributed by atoms with Crippen LogP contribution in [0.1, 0.15) is 68.2 Å². The number of ether oxygens (including phenoxy) is 1. The van der Waals surface area contributed by atoms with Crippen LogP contribution in [0.25, 0.3) is 0 Å². The summed E-state index contributed by atoms with van der Waals surface area (Å²) in [7, 11) is 1.82. The Kier molecular flexibility index (Phi) is 4.89. The molecule has 2 N–H and O–H groups in total. The molecular weight excluding hydrogens is 364 g/mol. The van der Waals surface area contributed by atoms with Gasteiger partial charge in [-0.2, -0.15) is 0 Å². The molecule has 5 rings (SSSR count). The zero-order valence-corrected chi connectivity index (χ0v) is 17.2. The molecule has 7 heteroatoms. The van der Waals surface area contributed by atoms with Crippen molar-refractivity contribution >= 4 is 5.96 Å². The Balaban J connectivity index is 1.31. The lowest BCUT2D eigenvalue weighted by Crippen LogP contribution is -2.46. The maximum absolute atomic E-state index is 6.49. The fraction of sp³-hybridized carbons (Fsp3) is 0.591. The molecule has 2 aliphatic heterocycles. The molecule has 1 unspecified atom stereocenters. The van der Waals surface area contributed by atoms with Gasteiger partial charge < -0.3 is 19.9 Å². The zero-order valence-electron chi connectivity index (χ0n) is 17.2. The zero-order chi connectivity index (χ0) is 19.7. The summed E-state index contributed by atoms with van der Waals surface area (Å²) >= 11 is 0. The van der Waals surface area contributed by atoms with Gasteiger partial charge in [-0.15, -0.1) is 10.2 Å². The summed E-state index contributed by atoms with van der Waals surface area (Å²) in [5.74, 6) is 3.91. The van der Waals surface area contributed by atoms with Crippen molar-refractivity contribution in [2.24, 2.45) is 4.99 Å². The molecule has 1 atom stereocenters. The summed E-state index contributed by atoms with van der Waals surface area (Å²) in [6.45, 7) is 1.64. The minimum Gasteiger partial charge on any atom is -0.487 e. The SMILES string of the molecule is CN=C(NCc1nnc2n1CCCC2)NC1CC2(CCCC2)Oc2ccccc21. The maximum Gasteiger partial charge on any atom is 0.191 e. The van der Waals surface area contributed by atoms with Crippen LogP contribution >= 0.6 is 0 Å². The summed E-state index contributed by atoms with van der Waals surface area (Å²) in [5.41, 5.74) is 1.18. The Bertz CT molecular complexity index is 898. The van der Waals surface area contributed by atoms with Crippen molar-refractivity contribution < 1.29 is 4.74 Å². The fourth-order valence-electron chi connectivity index (χ4n) is 5.09. The Hall–Kier alpha value is -2.57. The quantitative estimate of drug-likeness (QED) is 0.618. The van der Waals surface area contributed by atoms with Gasteiger partial charge in [-0.05, 0) is 44.6 Å². The van der Waals surface area contributed by atoms with E-state index in [1.807, 2.05) is 7.05 Å². The lowest BCUT2D eigenvalue weighted by atomic mass is 9.86. The number of aliphatic imine (C=N–C) groups is 1. The molecule has 7 nitrogen and oxygen atoms in total. The van der Waals surface area contributed by atoms with Crippen LogP contribution in [-0.4, -0.2) is 33.4 Å². The number of aromatic nitrogens is 3. The number of hydrogen-bond donors (Lipinski definition) is 2. The van der Waals surface area contributed by atoms with Crippen LogP contribution in [0.4, 0.5) is 0 Å². The smallest absolute Gasteiger partial charge is 0.191 e. The van der Waals surface area contributed by atoms with Gasteiger partial charge in [-0.3, -0.25) is 4.99 Å². The molecule has 1 spiro atoms. The standard InChI is InChI=1S/C22H30N6O/c1-23-21(24-15-20-27-26-19-10-4-7-13-28(19)20)25-17-14-22(11-5-6-12-22)29-18-9-3-2-8-16(17)18/h2-3,8-9,17H,4-7,10-15H2,1H3,(H2,23,24,25). The molecule has 0 bridgehead atoms. The summed E-state index contributed by atoms with van der Waals surface area (Å²) in [5, 5.41) is 15.9. The number of benzene rings is 1. The molecule has 29 heavy (non-hydrogen) atoms. The number of guanidine groups is 1. The number of fused-ring (bicyclic) bond motifs is 2. The third-order valence-electron chi connectivity index (χ3n) is 6.60. The first-order valence-electron chi connectivity index (χ1n) is 10.9. The first-order valence-corrected chi connectivity index (χ1v) is 10.9. The topological polar surface area (TPSA) is 76.4 Å². The molecule has 1 aromatic carbocycles. The Morgan fingerprint density at radius 2 is 2.07 bits per heavy atom. The van der Waals surface area contributed by atoms with Gasteiger partial charge in [0.1, 0.15) is 17.2 Å². The number of para-hydroxylation sites is 1. The predicted octanol–water partition coefficient (Wildman–Crippen LogP) is 3.12. The van der Waals surface area contributed by atoms with Gasteiger partial charge in [0, 0.05) is 32.0 Å². The average Bonchev–Trinajstić information content (AvgIpc) is 3.38. The van der Waals surface area contributed by atoms with E-state index < -0.39 is 0 Å². The van der Waals surface area contributed by atoms with E-state index in [1.54, 1.807) is 0 Å². The van der Waals surface area contributed by atoms with Crippen LogP contribution in [-0.2, 0) is 19.5 Å². The van der Waals surface area contributed by atoms with Crippen LogP contribution in [0.5, 0.6) is 5.75 Å². The van der Waals surface area contributed by atoms with Crippen molar-refractivity contribution in [3.63, 3.8) is 0 Å². The lowest BCUT2D eigenvalue weighted by molar-refractivity contribution is 0.0396. The average molecular weight is 395 g/mol. The molecule has 2 aromatic rings. The normalized spacial score (nSPS) is 22.7. The van der Waals surface area contributed by atoms with Crippen LogP contribution in [0.15, 0.2) is 29.3 Å². The molecular formula is C22H30N6O. The van der Waals surface area contributed by atoms with Crippen molar-refractivity contribution in [2.75, 3.05) is 7.05 Å². The molecule has 1 aromatic heterocycles. The van der Waals surface area contributed by atoms with E-state index in [0.29, 0.717) is 6.54 Å². The molecule has 154 valence electrons. The van der Waals surface area contributed by atoms with Crippen LogP contribution in [0.2, 0.25) is 0 Å². The highest BCUT2D eigenvalue weighted by Crippen LogP contribution is 2.46. The molecule has 0 amide bonds. The van der Waals surface area contributed by atoms with E-state index in [-0.39, 0.29) is 11.6 Å². The van der Waals surface area contributed by atoms with Gasteiger partial charge in [0.25, 0.3) is 0 Å². The number of nitrogens with zero attached hydrogens (tertiary/aromatic N) is 4. The lowest BCUT2D eigenvalue weighted by Gasteiger charge is -2.40. The van der Waals surface area contributed by atoms with Gasteiger partial charge >= 0.3 is 0 Å². The van der Waals surface area contributed by atoms with E-state index in [9.17, 15) is 0 Å². The van der Waals surface area contributed by atoms with E-state index in [4.69, 9.17) is 4.74 Å². The summed E-state index contributed by atoms with van der Waals surface area (Å²) < 4.78 is 8.74. The fourth-order valence-corrected chi connectivity index (χ4v) is 5.09. The summed E-state index contributed by atoms with van der Waals surface area (Å²) in [6.07, 6.45) is 9.19. The van der Waals surface area contributed by atoms with Crippen LogP contribution in [0, 0.1) is 0 Å². The largest absolute Gasteiger partial charge is 0.487 e. The minimum atomic E-state index is -0.0308. The second-order valence-electron chi connectivity index (χ2n) is 8.50. The molecule has 1 fully saturated rings. The molecule has 3 aliphatic rings. The monoisotopic (exact) mass is 394 g/mol. The minimum absolute atomic E-state index is 0.0308. The van der Waals surface area contributed by atoms with Crippen molar-refractivity contribution in [3.05, 3.63) is 41.5 Å². The highest BCUT2D eigenvalue weighted by atomic mass is 16.5. The van der Waals surface area contributed by atoms with Crippen LogP contribution in [0.3, 0.4) is 0 Å². The van der Waals surface area contributed by atoms with Gasteiger partial charge in [-0.25, -0.2) is 0 Å². The van der Waals surface area contributed by atoms with Crippen LogP contribution < -0.4 is 15.4 Å². The second-order valence-corrected chi connectivity index (χ2v) is 8.50. The van der Waals surface area contributed by atoms with E-state index in [1.165, 1.54) is 31.2 Å². The molecule has 1 saturated carbocycles. The van der Waals surface area contributed by atoms with Crippen molar-refractivity contribution in [1.82, 2.24) is 25.4 Å². The predicted molar refractivity (Wildman–Crippen MR) is 112 cm³/mol. The Morgan fingerprint density at radius 1 is 1.21 bits per heavy atom. The van der Waals surface area contributed by atoms with E-state index in [0.717, 1.165) is 55.6 Å². The third-order valence-corrected chi connectivity index (χ3v) is 6.60. The van der Waals surface area contributed by atoms with Gasteiger partial charge in [0.05, 0.1) is 12.6 Å². The van der Waals surface area contributed by atoms with E-state index >= 15 is 0 Å². The second kappa shape index (κ2) is 7.69. The highest BCUT2D eigenvalue weighted by Gasteiger charge is 2.43. The summed E-state index contributed by atoms with van der Waals surface area (Å²) in [4.78, 5) is 4.48. The van der Waals surface area contributed by atoms with Crippen molar-refractivity contribution in [3.8, 4) is 5.75 Å². The summed E-state index contributed by atoms with van der Waals surface area (Å²) in [6, 6.07) is 8.60. The number of rotatable bonds is 3. The van der Waals surface area contributed by atoms with E-state index in [2.05, 4.69) is 54.7 Å². The van der Waals surface area contributed by atoms with Crippen molar-refractivity contribution in [2.45, 2.75) is 76.1 Å². The number of nitrogens with one attached hydrogen (secondary N) is 2. The third kappa shape index (κ3) is 3.58. The van der Waals surface area contributed by atoms with Gasteiger partial charge in [-0.1, -0.05) is 18.2 Å². The van der Waals surface area contributed by atoms with Gasteiger partial charge in [0.15, 0.2) is 11.8 Å². The Morgan fingerprint density at radius 3 is 2.93 bits per heavy atom. The van der Waals surface area contributed by atoms with Gasteiger partial charge in [0.2, 0.25) is 0 Å². The molecule has 3 heterocycles. The highest BCUT2D eigenvalue weighted by molar-refractivity contribution is 5.80. The first-order chi connectivity index (χ1) is 14.3.